The Bertz CT molecular complexity index is 1680. The third kappa shape index (κ3) is 10.4. The van der Waals surface area contributed by atoms with E-state index in [-0.39, 0.29) is 0 Å². The summed E-state index contributed by atoms with van der Waals surface area (Å²) in [5.74, 6) is 3.35. The van der Waals surface area contributed by atoms with Gasteiger partial charge in [-0.2, -0.15) is 0 Å². The van der Waals surface area contributed by atoms with Gasteiger partial charge in [-0.1, -0.05) is 25.1 Å². The van der Waals surface area contributed by atoms with Gasteiger partial charge < -0.3 is 28.4 Å². The topological polar surface area (TPSA) is 80.1 Å². The van der Waals surface area contributed by atoms with Crippen molar-refractivity contribution in [3.05, 3.63) is 107 Å². The summed E-state index contributed by atoms with van der Waals surface area (Å²) < 4.78 is 32.5. The first-order valence-corrected chi connectivity index (χ1v) is 17.1. The van der Waals surface area contributed by atoms with Crippen LogP contribution in [0.25, 0.3) is 0 Å². The normalized spacial score (nSPS) is 15.3. The molecule has 6 rings (SSSR count). The number of aliphatic imine (C=N–C) groups is 2. The molecule has 1 aliphatic heterocycles. The second-order valence-corrected chi connectivity index (χ2v) is 11.8. The number of benzene rings is 4. The van der Waals surface area contributed by atoms with Crippen molar-refractivity contribution in [3.63, 3.8) is 0 Å². The van der Waals surface area contributed by atoms with E-state index >= 15 is 0 Å². The highest BCUT2D eigenvalue weighted by molar-refractivity contribution is 6.05. The van der Waals surface area contributed by atoms with Crippen LogP contribution in [0.3, 0.4) is 0 Å². The second kappa shape index (κ2) is 18.8. The van der Waals surface area contributed by atoms with Crippen LogP contribution in [-0.2, 0) is 22.3 Å². The SMILES string of the molecule is CCc1ccc(N=C2CCCCc3ccc(OCCOC)cc32)cc1.COCCOc1ccc2c(c1)C(=Nc1ccc(OC)cc1)CCO2. The monoisotopic (exact) mass is 664 g/mol. The Kier molecular flexibility index (Phi) is 13.7. The largest absolute Gasteiger partial charge is 0.497 e. The summed E-state index contributed by atoms with van der Waals surface area (Å²) in [6.45, 7) is 5.04. The van der Waals surface area contributed by atoms with Gasteiger partial charge in [-0.15, -0.1) is 0 Å². The number of hydrogen-bond acceptors (Lipinski definition) is 8. The molecule has 0 unspecified atom stereocenters. The molecule has 0 fully saturated rings. The smallest absolute Gasteiger partial charge is 0.128 e. The molecular formula is C41H48N2O6. The van der Waals surface area contributed by atoms with Gasteiger partial charge in [0.25, 0.3) is 0 Å². The first-order valence-electron chi connectivity index (χ1n) is 17.1. The van der Waals surface area contributed by atoms with E-state index < -0.39 is 0 Å². The van der Waals surface area contributed by atoms with Crippen molar-refractivity contribution >= 4 is 22.8 Å². The predicted octanol–water partition coefficient (Wildman–Crippen LogP) is 8.75. The molecule has 0 radical (unpaired) electrons. The zero-order chi connectivity index (χ0) is 34.3. The summed E-state index contributed by atoms with van der Waals surface area (Å²) in [6, 6.07) is 28.5. The Hall–Kier alpha value is -4.66. The highest BCUT2D eigenvalue weighted by atomic mass is 16.5. The minimum Gasteiger partial charge on any atom is -0.497 e. The maximum absolute atomic E-state index is 5.80. The molecule has 0 atom stereocenters. The fourth-order valence-corrected chi connectivity index (χ4v) is 5.71. The molecule has 49 heavy (non-hydrogen) atoms. The van der Waals surface area contributed by atoms with Crippen LogP contribution in [0.2, 0.25) is 0 Å². The molecule has 258 valence electrons. The van der Waals surface area contributed by atoms with Gasteiger partial charge in [-0.3, -0.25) is 9.98 Å². The van der Waals surface area contributed by atoms with Gasteiger partial charge in [-0.05, 0) is 110 Å². The summed E-state index contributed by atoms with van der Waals surface area (Å²) in [7, 11) is 5.00. The fourth-order valence-electron chi connectivity index (χ4n) is 5.71. The van der Waals surface area contributed by atoms with Gasteiger partial charge in [0.2, 0.25) is 0 Å². The minimum absolute atomic E-state index is 0.515. The number of rotatable bonds is 12. The van der Waals surface area contributed by atoms with Crippen molar-refractivity contribution in [2.24, 2.45) is 9.98 Å². The Balaban J connectivity index is 0.000000191. The van der Waals surface area contributed by atoms with E-state index in [2.05, 4.69) is 49.4 Å². The zero-order valence-corrected chi connectivity index (χ0v) is 29.2. The predicted molar refractivity (Wildman–Crippen MR) is 197 cm³/mol. The van der Waals surface area contributed by atoms with Crippen LogP contribution in [0.4, 0.5) is 11.4 Å². The molecule has 0 spiro atoms. The lowest BCUT2D eigenvalue weighted by Crippen LogP contribution is -2.16. The molecule has 4 aromatic rings. The van der Waals surface area contributed by atoms with E-state index in [1.807, 2.05) is 42.5 Å². The standard InChI is InChI=1S/C22H27NO2.C19H21NO4/c1-3-17-8-11-19(12-9-17)23-22-7-5-4-6-18-10-13-20(16-21(18)22)25-15-14-24-2;1-21-11-12-23-16-7-8-19-17(13-16)18(9-10-24-19)20-14-3-5-15(22-2)6-4-14/h8-13,16H,3-7,14-15H2,1-2H3;3-8,13H,9-12H2,1-2H3. The van der Waals surface area contributed by atoms with Gasteiger partial charge in [0.1, 0.15) is 36.2 Å². The van der Waals surface area contributed by atoms with Gasteiger partial charge >= 0.3 is 0 Å². The lowest BCUT2D eigenvalue weighted by Gasteiger charge is -2.20. The van der Waals surface area contributed by atoms with Crippen LogP contribution >= 0.6 is 0 Å². The summed E-state index contributed by atoms with van der Waals surface area (Å²) in [4.78, 5) is 9.74. The average molecular weight is 665 g/mol. The molecule has 8 nitrogen and oxygen atoms in total. The van der Waals surface area contributed by atoms with E-state index in [1.165, 1.54) is 35.2 Å². The Morgan fingerprint density at radius 3 is 1.80 bits per heavy atom. The molecule has 4 aromatic carbocycles. The maximum Gasteiger partial charge on any atom is 0.128 e. The van der Waals surface area contributed by atoms with E-state index in [0.29, 0.717) is 33.0 Å². The Labute approximate surface area is 290 Å². The van der Waals surface area contributed by atoms with Crippen molar-refractivity contribution in [2.45, 2.75) is 45.4 Å². The summed E-state index contributed by atoms with van der Waals surface area (Å²) in [5.41, 5.74) is 9.04. The van der Waals surface area contributed by atoms with Crippen LogP contribution in [0.1, 0.15) is 54.9 Å². The van der Waals surface area contributed by atoms with Gasteiger partial charge in [-0.25, -0.2) is 0 Å². The zero-order valence-electron chi connectivity index (χ0n) is 29.2. The average Bonchev–Trinajstić information content (AvgIpc) is 3.34. The number of ether oxygens (including phenoxy) is 6. The molecule has 0 N–H and O–H groups in total. The summed E-state index contributed by atoms with van der Waals surface area (Å²) >= 11 is 0. The van der Waals surface area contributed by atoms with Crippen molar-refractivity contribution in [3.8, 4) is 23.0 Å². The molecule has 2 aliphatic rings. The first kappa shape index (κ1) is 35.6. The molecule has 0 saturated heterocycles. The van der Waals surface area contributed by atoms with Crippen LogP contribution in [-0.4, -0.2) is 65.8 Å². The Morgan fingerprint density at radius 2 is 1.16 bits per heavy atom. The van der Waals surface area contributed by atoms with Crippen molar-refractivity contribution in [2.75, 3.05) is 54.4 Å². The van der Waals surface area contributed by atoms with Gasteiger partial charge in [0.05, 0.1) is 44.0 Å². The highest BCUT2D eigenvalue weighted by Gasteiger charge is 2.18. The molecule has 8 heteroatoms. The molecule has 0 aromatic heterocycles. The van der Waals surface area contributed by atoms with Crippen LogP contribution < -0.4 is 18.9 Å². The quantitative estimate of drug-likeness (QED) is 0.111. The third-order valence-corrected chi connectivity index (χ3v) is 8.42. The van der Waals surface area contributed by atoms with E-state index in [0.717, 1.165) is 71.3 Å². The van der Waals surface area contributed by atoms with Gasteiger partial charge in [0, 0.05) is 37.5 Å². The van der Waals surface area contributed by atoms with Crippen molar-refractivity contribution in [1.82, 2.24) is 0 Å². The summed E-state index contributed by atoms with van der Waals surface area (Å²) in [5, 5.41) is 0. The van der Waals surface area contributed by atoms with Crippen molar-refractivity contribution < 1.29 is 28.4 Å². The molecule has 0 bridgehead atoms. The molecule has 0 amide bonds. The molecular weight excluding hydrogens is 616 g/mol. The van der Waals surface area contributed by atoms with E-state index in [1.54, 1.807) is 21.3 Å². The molecule has 1 heterocycles. The first-order chi connectivity index (χ1) is 24.1. The van der Waals surface area contributed by atoms with Crippen LogP contribution in [0.5, 0.6) is 23.0 Å². The molecule has 0 saturated carbocycles. The second-order valence-electron chi connectivity index (χ2n) is 11.8. The van der Waals surface area contributed by atoms with Crippen LogP contribution in [0, 0.1) is 0 Å². The number of hydrogen-bond donors (Lipinski definition) is 0. The number of fused-ring (bicyclic) bond motifs is 2. The Morgan fingerprint density at radius 1 is 0.592 bits per heavy atom. The van der Waals surface area contributed by atoms with E-state index in [9.17, 15) is 0 Å². The minimum atomic E-state index is 0.515. The van der Waals surface area contributed by atoms with Crippen molar-refractivity contribution in [1.29, 1.82) is 0 Å². The fraction of sp³-hybridized carbons (Fsp3) is 0.366. The third-order valence-electron chi connectivity index (χ3n) is 8.42. The highest BCUT2D eigenvalue weighted by Crippen LogP contribution is 2.31. The van der Waals surface area contributed by atoms with Gasteiger partial charge in [0.15, 0.2) is 0 Å². The number of aryl methyl sites for hydroxylation is 2. The lowest BCUT2D eigenvalue weighted by molar-refractivity contribution is 0.146. The number of methoxy groups -OCH3 is 3. The lowest BCUT2D eigenvalue weighted by atomic mass is 10.0. The van der Waals surface area contributed by atoms with E-state index in [4.69, 9.17) is 38.4 Å². The summed E-state index contributed by atoms with van der Waals surface area (Å²) in [6.07, 6.45) is 6.35. The molecule has 1 aliphatic carbocycles. The number of nitrogens with zero attached hydrogens (tertiary/aromatic N) is 2. The maximum atomic E-state index is 5.80. The van der Waals surface area contributed by atoms with Crippen LogP contribution in [0.15, 0.2) is 94.9 Å².